The Balaban J connectivity index is 1.88. The van der Waals surface area contributed by atoms with Gasteiger partial charge in [0.25, 0.3) is 0 Å². The summed E-state index contributed by atoms with van der Waals surface area (Å²) in [5.74, 6) is 0.966. The lowest BCUT2D eigenvalue weighted by Gasteiger charge is -2.08. The molecule has 0 saturated heterocycles. The second-order valence-electron chi connectivity index (χ2n) is 4.83. The predicted molar refractivity (Wildman–Crippen MR) is 97.7 cm³/mol. The van der Waals surface area contributed by atoms with E-state index in [1.165, 1.54) is 26.8 Å². The SMILES string of the molecule is C=Cc1cccc(CSc2ccc(Br)c3ccccc23)c1. The van der Waals surface area contributed by atoms with Crippen molar-refractivity contribution >= 4 is 44.5 Å². The molecule has 0 nitrogen and oxygen atoms in total. The average molecular weight is 355 g/mol. The van der Waals surface area contributed by atoms with E-state index in [0.717, 1.165) is 10.2 Å². The molecule has 0 amide bonds. The molecular weight excluding hydrogens is 340 g/mol. The Hall–Kier alpha value is -1.51. The van der Waals surface area contributed by atoms with Crippen LogP contribution in [0.5, 0.6) is 0 Å². The van der Waals surface area contributed by atoms with Gasteiger partial charge < -0.3 is 0 Å². The molecule has 3 aromatic rings. The number of hydrogen-bond donors (Lipinski definition) is 0. The largest absolute Gasteiger partial charge is 0.121 e. The van der Waals surface area contributed by atoms with Crippen molar-refractivity contribution in [3.63, 3.8) is 0 Å². The zero-order chi connectivity index (χ0) is 14.7. The first-order valence-electron chi connectivity index (χ1n) is 6.79. The lowest BCUT2D eigenvalue weighted by molar-refractivity contribution is 1.39. The van der Waals surface area contributed by atoms with Crippen molar-refractivity contribution in [2.45, 2.75) is 10.6 Å². The quantitative estimate of drug-likeness (QED) is 0.479. The van der Waals surface area contributed by atoms with Gasteiger partial charge in [0.2, 0.25) is 0 Å². The van der Waals surface area contributed by atoms with E-state index in [9.17, 15) is 0 Å². The van der Waals surface area contributed by atoms with Gasteiger partial charge in [-0.2, -0.15) is 0 Å². The molecule has 0 fully saturated rings. The molecule has 0 aliphatic rings. The van der Waals surface area contributed by atoms with E-state index in [-0.39, 0.29) is 0 Å². The first-order valence-corrected chi connectivity index (χ1v) is 8.57. The van der Waals surface area contributed by atoms with Gasteiger partial charge in [-0.3, -0.25) is 0 Å². The van der Waals surface area contributed by atoms with Crippen LogP contribution in [0.2, 0.25) is 0 Å². The first-order chi connectivity index (χ1) is 10.3. The van der Waals surface area contributed by atoms with Gasteiger partial charge in [0, 0.05) is 15.1 Å². The van der Waals surface area contributed by atoms with Gasteiger partial charge in [-0.25, -0.2) is 0 Å². The maximum Gasteiger partial charge on any atom is 0.0254 e. The van der Waals surface area contributed by atoms with Gasteiger partial charge in [-0.1, -0.05) is 77.1 Å². The number of hydrogen-bond acceptors (Lipinski definition) is 1. The van der Waals surface area contributed by atoms with Crippen molar-refractivity contribution in [3.8, 4) is 0 Å². The molecule has 0 radical (unpaired) electrons. The van der Waals surface area contributed by atoms with Crippen LogP contribution in [0.1, 0.15) is 11.1 Å². The zero-order valence-corrected chi connectivity index (χ0v) is 14.0. The van der Waals surface area contributed by atoms with Crippen LogP contribution in [0, 0.1) is 0 Å². The topological polar surface area (TPSA) is 0 Å². The van der Waals surface area contributed by atoms with E-state index in [1.54, 1.807) is 0 Å². The van der Waals surface area contributed by atoms with Crippen LogP contribution in [0.4, 0.5) is 0 Å². The molecule has 3 aromatic carbocycles. The van der Waals surface area contributed by atoms with Crippen molar-refractivity contribution in [1.82, 2.24) is 0 Å². The summed E-state index contributed by atoms with van der Waals surface area (Å²) in [5, 5.41) is 2.57. The van der Waals surface area contributed by atoms with Gasteiger partial charge >= 0.3 is 0 Å². The highest BCUT2D eigenvalue weighted by molar-refractivity contribution is 9.10. The van der Waals surface area contributed by atoms with E-state index in [0.29, 0.717) is 0 Å². The number of benzene rings is 3. The molecule has 0 aliphatic heterocycles. The number of thioether (sulfide) groups is 1. The smallest absolute Gasteiger partial charge is 0.0254 e. The van der Waals surface area contributed by atoms with Crippen molar-refractivity contribution in [3.05, 3.63) is 82.8 Å². The molecule has 0 bridgehead atoms. The summed E-state index contributed by atoms with van der Waals surface area (Å²) in [5.41, 5.74) is 2.50. The predicted octanol–water partition coefficient (Wildman–Crippen LogP) is 6.54. The lowest BCUT2D eigenvalue weighted by Crippen LogP contribution is -1.84. The maximum absolute atomic E-state index is 3.83. The molecule has 0 aliphatic carbocycles. The van der Waals surface area contributed by atoms with Gasteiger partial charge in [0.15, 0.2) is 0 Å². The van der Waals surface area contributed by atoms with E-state index in [1.807, 2.05) is 17.8 Å². The Morgan fingerprint density at radius 2 is 1.76 bits per heavy atom. The molecule has 0 spiro atoms. The summed E-state index contributed by atoms with van der Waals surface area (Å²) in [7, 11) is 0. The molecule has 0 unspecified atom stereocenters. The molecule has 104 valence electrons. The standard InChI is InChI=1S/C19H15BrS/c1-2-14-6-5-7-15(12-14)13-21-19-11-10-18(20)16-8-3-4-9-17(16)19/h2-12H,1,13H2. The summed E-state index contributed by atoms with van der Waals surface area (Å²) in [6.07, 6.45) is 1.89. The summed E-state index contributed by atoms with van der Waals surface area (Å²) >= 11 is 5.50. The normalized spacial score (nSPS) is 10.7. The van der Waals surface area contributed by atoms with Gasteiger partial charge in [-0.15, -0.1) is 11.8 Å². The molecule has 2 heteroatoms. The Morgan fingerprint density at radius 3 is 2.57 bits per heavy atom. The van der Waals surface area contributed by atoms with E-state index in [4.69, 9.17) is 0 Å². The number of rotatable bonds is 4. The van der Waals surface area contributed by atoms with E-state index in [2.05, 4.69) is 83.2 Å². The van der Waals surface area contributed by atoms with Crippen LogP contribution in [0.15, 0.2) is 76.6 Å². The fourth-order valence-corrected chi connectivity index (χ4v) is 3.81. The summed E-state index contributed by atoms with van der Waals surface area (Å²) in [4.78, 5) is 1.32. The van der Waals surface area contributed by atoms with Crippen LogP contribution >= 0.6 is 27.7 Å². The van der Waals surface area contributed by atoms with Crippen molar-refractivity contribution < 1.29 is 0 Å². The summed E-state index contributed by atoms with van der Waals surface area (Å²) in [6.45, 7) is 3.83. The molecule has 21 heavy (non-hydrogen) atoms. The minimum atomic E-state index is 0.966. The number of fused-ring (bicyclic) bond motifs is 1. The summed E-state index contributed by atoms with van der Waals surface area (Å²) < 4.78 is 1.15. The molecule has 0 saturated carbocycles. The van der Waals surface area contributed by atoms with Gasteiger partial charge in [0.1, 0.15) is 0 Å². The Kier molecular flexibility index (Phi) is 4.47. The lowest BCUT2D eigenvalue weighted by atomic mass is 10.1. The van der Waals surface area contributed by atoms with E-state index < -0.39 is 0 Å². The fraction of sp³-hybridized carbons (Fsp3) is 0.0526. The molecule has 3 rings (SSSR count). The molecule has 0 heterocycles. The second kappa shape index (κ2) is 6.50. The van der Waals surface area contributed by atoms with Crippen LogP contribution in [0.3, 0.4) is 0 Å². The third-order valence-corrected chi connectivity index (χ3v) is 5.25. The minimum absolute atomic E-state index is 0.966. The average Bonchev–Trinajstić information content (AvgIpc) is 2.55. The maximum atomic E-state index is 3.83. The van der Waals surface area contributed by atoms with Gasteiger partial charge in [-0.05, 0) is 34.0 Å². The third-order valence-electron chi connectivity index (χ3n) is 3.41. The number of halogens is 1. The molecule has 0 atom stereocenters. The van der Waals surface area contributed by atoms with Crippen LogP contribution in [-0.2, 0) is 5.75 Å². The third kappa shape index (κ3) is 3.22. The molecular formula is C19H15BrS. The second-order valence-corrected chi connectivity index (χ2v) is 6.70. The van der Waals surface area contributed by atoms with Crippen molar-refractivity contribution in [2.75, 3.05) is 0 Å². The summed E-state index contributed by atoms with van der Waals surface area (Å²) in [6, 6.07) is 21.4. The van der Waals surface area contributed by atoms with Crippen LogP contribution < -0.4 is 0 Å². The zero-order valence-electron chi connectivity index (χ0n) is 11.6. The van der Waals surface area contributed by atoms with Crippen LogP contribution in [-0.4, -0.2) is 0 Å². The van der Waals surface area contributed by atoms with Crippen molar-refractivity contribution in [2.24, 2.45) is 0 Å². The Labute approximate surface area is 138 Å². The van der Waals surface area contributed by atoms with E-state index >= 15 is 0 Å². The minimum Gasteiger partial charge on any atom is -0.121 e. The van der Waals surface area contributed by atoms with Gasteiger partial charge in [0.05, 0.1) is 0 Å². The Bertz CT molecular complexity index is 792. The highest BCUT2D eigenvalue weighted by atomic mass is 79.9. The first kappa shape index (κ1) is 14.4. The van der Waals surface area contributed by atoms with Crippen molar-refractivity contribution in [1.29, 1.82) is 0 Å². The molecule has 0 N–H and O–H groups in total. The monoisotopic (exact) mass is 354 g/mol. The Morgan fingerprint density at radius 1 is 0.952 bits per heavy atom. The highest BCUT2D eigenvalue weighted by Crippen LogP contribution is 2.34. The molecule has 0 aromatic heterocycles. The highest BCUT2D eigenvalue weighted by Gasteiger charge is 2.05. The fourth-order valence-electron chi connectivity index (χ4n) is 2.33. The van der Waals surface area contributed by atoms with Crippen LogP contribution in [0.25, 0.3) is 16.8 Å².